The van der Waals surface area contributed by atoms with Crippen LogP contribution >= 0.6 is 0 Å². The lowest BCUT2D eigenvalue weighted by atomic mass is 9.64. The molecule has 0 amide bonds. The number of carbonyl (C=O) groups is 1. The minimum Gasteiger partial charge on any atom is -0.395 e. The highest BCUT2D eigenvalue weighted by Gasteiger charge is 2.46. The lowest BCUT2D eigenvalue weighted by Crippen LogP contribution is -2.47. The van der Waals surface area contributed by atoms with Crippen LogP contribution in [0.1, 0.15) is 18.4 Å². The number of aliphatic hydroxyl groups is 1. The van der Waals surface area contributed by atoms with Crippen LogP contribution in [0.5, 0.6) is 0 Å². The van der Waals surface area contributed by atoms with Crippen LogP contribution in [0.4, 0.5) is 0 Å². The molecular formula is C11H12O2. The molecule has 1 saturated carbocycles. The van der Waals surface area contributed by atoms with Crippen molar-refractivity contribution in [2.45, 2.75) is 18.3 Å². The number of ketones is 1. The summed E-state index contributed by atoms with van der Waals surface area (Å²) in [6.45, 7) is -0.0597. The molecule has 0 heterocycles. The van der Waals surface area contributed by atoms with Crippen molar-refractivity contribution in [3.05, 3.63) is 35.9 Å². The first-order valence-electron chi connectivity index (χ1n) is 4.49. The van der Waals surface area contributed by atoms with Crippen LogP contribution in [-0.4, -0.2) is 17.5 Å². The molecule has 2 nitrogen and oxygen atoms in total. The van der Waals surface area contributed by atoms with Crippen molar-refractivity contribution in [2.75, 3.05) is 6.61 Å². The molecule has 0 bridgehead atoms. The van der Waals surface area contributed by atoms with Crippen LogP contribution in [0, 0.1) is 0 Å². The Kier molecular flexibility index (Phi) is 1.93. The second-order valence-electron chi connectivity index (χ2n) is 3.53. The molecular weight excluding hydrogens is 164 g/mol. The zero-order valence-corrected chi connectivity index (χ0v) is 7.36. The van der Waals surface area contributed by atoms with Gasteiger partial charge in [0, 0.05) is 6.42 Å². The second kappa shape index (κ2) is 2.96. The molecule has 0 saturated heterocycles. The fourth-order valence-electron chi connectivity index (χ4n) is 1.85. The molecule has 0 radical (unpaired) electrons. The van der Waals surface area contributed by atoms with E-state index in [1.54, 1.807) is 0 Å². The van der Waals surface area contributed by atoms with Gasteiger partial charge in [0.1, 0.15) is 5.78 Å². The van der Waals surface area contributed by atoms with Crippen LogP contribution in [0.25, 0.3) is 0 Å². The Morgan fingerprint density at radius 3 is 2.38 bits per heavy atom. The van der Waals surface area contributed by atoms with E-state index in [-0.39, 0.29) is 12.4 Å². The molecule has 1 aromatic rings. The first kappa shape index (κ1) is 8.45. The highest BCUT2D eigenvalue weighted by atomic mass is 16.3. The van der Waals surface area contributed by atoms with E-state index in [0.717, 1.165) is 12.0 Å². The summed E-state index contributed by atoms with van der Waals surface area (Å²) in [5.41, 5.74) is 0.384. The van der Waals surface area contributed by atoms with Gasteiger partial charge in [-0.25, -0.2) is 0 Å². The molecule has 68 valence electrons. The van der Waals surface area contributed by atoms with E-state index in [4.69, 9.17) is 0 Å². The molecule has 1 fully saturated rings. The molecule has 0 unspecified atom stereocenters. The molecule has 1 aromatic carbocycles. The standard InChI is InChI=1S/C11H12O2/c12-8-11(7-6-10(11)13)9-4-2-1-3-5-9/h1-5,12H,6-8H2/t11-/m1/s1. The number of benzene rings is 1. The predicted molar refractivity (Wildman–Crippen MR) is 49.4 cm³/mol. The summed E-state index contributed by atoms with van der Waals surface area (Å²) in [5, 5.41) is 9.24. The fraction of sp³-hybridized carbons (Fsp3) is 0.364. The van der Waals surface area contributed by atoms with Crippen LogP contribution in [-0.2, 0) is 10.2 Å². The topological polar surface area (TPSA) is 37.3 Å². The normalized spacial score (nSPS) is 27.0. The molecule has 0 aromatic heterocycles. The summed E-state index contributed by atoms with van der Waals surface area (Å²) < 4.78 is 0. The minimum atomic E-state index is -0.568. The molecule has 2 heteroatoms. The van der Waals surface area contributed by atoms with Crippen molar-refractivity contribution in [1.29, 1.82) is 0 Å². The average molecular weight is 176 g/mol. The first-order chi connectivity index (χ1) is 6.29. The molecule has 0 aliphatic heterocycles. The van der Waals surface area contributed by atoms with Crippen molar-refractivity contribution in [2.24, 2.45) is 0 Å². The van der Waals surface area contributed by atoms with Crippen molar-refractivity contribution >= 4 is 5.78 Å². The number of Topliss-reactive ketones (excluding diaryl/α,β-unsaturated/α-hetero) is 1. The van der Waals surface area contributed by atoms with Crippen molar-refractivity contribution in [3.63, 3.8) is 0 Å². The molecule has 1 aliphatic rings. The van der Waals surface area contributed by atoms with E-state index < -0.39 is 5.41 Å². The van der Waals surface area contributed by atoms with E-state index in [2.05, 4.69) is 0 Å². The maximum absolute atomic E-state index is 11.4. The zero-order valence-electron chi connectivity index (χ0n) is 7.36. The SMILES string of the molecule is O=C1CC[C@@]1(CO)c1ccccc1. The molecule has 1 N–H and O–H groups in total. The van der Waals surface area contributed by atoms with Crippen LogP contribution in [0.2, 0.25) is 0 Å². The quantitative estimate of drug-likeness (QED) is 0.737. The van der Waals surface area contributed by atoms with Gasteiger partial charge in [-0.15, -0.1) is 0 Å². The Morgan fingerprint density at radius 1 is 1.31 bits per heavy atom. The van der Waals surface area contributed by atoms with Gasteiger partial charge in [0.15, 0.2) is 0 Å². The predicted octanol–water partition coefficient (Wildman–Crippen LogP) is 1.28. The van der Waals surface area contributed by atoms with Crippen LogP contribution < -0.4 is 0 Å². The largest absolute Gasteiger partial charge is 0.395 e. The molecule has 1 aliphatic carbocycles. The summed E-state index contributed by atoms with van der Waals surface area (Å²) >= 11 is 0. The van der Waals surface area contributed by atoms with Gasteiger partial charge < -0.3 is 5.11 Å². The van der Waals surface area contributed by atoms with Crippen molar-refractivity contribution < 1.29 is 9.90 Å². The lowest BCUT2D eigenvalue weighted by molar-refractivity contribution is -0.134. The summed E-state index contributed by atoms with van der Waals surface area (Å²) in [6, 6.07) is 9.54. The molecule has 13 heavy (non-hydrogen) atoms. The van der Waals surface area contributed by atoms with Crippen molar-refractivity contribution in [1.82, 2.24) is 0 Å². The fourth-order valence-corrected chi connectivity index (χ4v) is 1.85. The number of hydrogen-bond acceptors (Lipinski definition) is 2. The summed E-state index contributed by atoms with van der Waals surface area (Å²) in [6.07, 6.45) is 1.39. The van der Waals surface area contributed by atoms with Crippen molar-refractivity contribution in [3.8, 4) is 0 Å². The second-order valence-corrected chi connectivity index (χ2v) is 3.53. The highest BCUT2D eigenvalue weighted by molar-refractivity contribution is 5.95. The van der Waals surface area contributed by atoms with Gasteiger partial charge >= 0.3 is 0 Å². The Balaban J connectivity index is 2.38. The summed E-state index contributed by atoms with van der Waals surface area (Å²) in [5.74, 6) is 0.168. The molecule has 2 rings (SSSR count). The Morgan fingerprint density at radius 2 is 2.00 bits per heavy atom. The number of rotatable bonds is 2. The van der Waals surface area contributed by atoms with Gasteiger partial charge in [-0.05, 0) is 12.0 Å². The first-order valence-corrected chi connectivity index (χ1v) is 4.49. The lowest BCUT2D eigenvalue weighted by Gasteiger charge is -2.38. The van der Waals surface area contributed by atoms with Gasteiger partial charge in [0.05, 0.1) is 12.0 Å². The van der Waals surface area contributed by atoms with Gasteiger partial charge in [-0.1, -0.05) is 30.3 Å². The van der Waals surface area contributed by atoms with Gasteiger partial charge in [-0.2, -0.15) is 0 Å². The van der Waals surface area contributed by atoms with Crippen LogP contribution in [0.3, 0.4) is 0 Å². The number of aliphatic hydroxyl groups excluding tert-OH is 1. The van der Waals surface area contributed by atoms with E-state index in [1.807, 2.05) is 30.3 Å². The maximum atomic E-state index is 11.4. The van der Waals surface area contributed by atoms with Gasteiger partial charge in [0.25, 0.3) is 0 Å². The van der Waals surface area contributed by atoms with E-state index in [0.29, 0.717) is 6.42 Å². The Labute approximate surface area is 77.2 Å². The molecule has 1 atom stereocenters. The smallest absolute Gasteiger partial charge is 0.145 e. The minimum absolute atomic E-state index is 0.0597. The van der Waals surface area contributed by atoms with E-state index in [1.165, 1.54) is 0 Å². The zero-order chi connectivity index (χ0) is 9.31. The Hall–Kier alpha value is -1.15. The van der Waals surface area contributed by atoms with E-state index >= 15 is 0 Å². The third-order valence-corrected chi connectivity index (χ3v) is 2.91. The van der Waals surface area contributed by atoms with E-state index in [9.17, 15) is 9.90 Å². The number of hydrogen-bond donors (Lipinski definition) is 1. The maximum Gasteiger partial charge on any atom is 0.145 e. The van der Waals surface area contributed by atoms with Gasteiger partial charge in [0.2, 0.25) is 0 Å². The highest BCUT2D eigenvalue weighted by Crippen LogP contribution is 2.39. The third kappa shape index (κ3) is 1.10. The summed E-state index contributed by atoms with van der Waals surface area (Å²) in [4.78, 5) is 11.4. The average Bonchev–Trinajstić information content (AvgIpc) is 2.19. The van der Waals surface area contributed by atoms with Gasteiger partial charge in [-0.3, -0.25) is 4.79 Å². The summed E-state index contributed by atoms with van der Waals surface area (Å²) in [7, 11) is 0. The third-order valence-electron chi connectivity index (χ3n) is 2.91. The van der Waals surface area contributed by atoms with Crippen LogP contribution in [0.15, 0.2) is 30.3 Å². The number of carbonyl (C=O) groups excluding carboxylic acids is 1. The Bertz CT molecular complexity index is 314. The molecule has 0 spiro atoms. The monoisotopic (exact) mass is 176 g/mol.